The van der Waals surface area contributed by atoms with Gasteiger partial charge in [0.2, 0.25) is 0 Å². The van der Waals surface area contributed by atoms with E-state index in [1.165, 1.54) is 31.5 Å². The second-order valence-electron chi connectivity index (χ2n) is 3.83. The lowest BCUT2D eigenvalue weighted by Crippen LogP contribution is -2.04. The van der Waals surface area contributed by atoms with Gasteiger partial charge in [0.1, 0.15) is 0 Å². The highest BCUT2D eigenvalue weighted by Crippen LogP contribution is 2.39. The summed E-state index contributed by atoms with van der Waals surface area (Å²) in [6.07, 6.45) is 8.71. The van der Waals surface area contributed by atoms with Gasteiger partial charge < -0.3 is 4.57 Å². The van der Waals surface area contributed by atoms with Gasteiger partial charge in [0.15, 0.2) is 0 Å². The molecule has 1 nitrogen and oxygen atoms in total. The van der Waals surface area contributed by atoms with Gasteiger partial charge in [0.05, 0.1) is 0 Å². The molecule has 0 bridgehead atoms. The molecular formula is C11H13N. The average molecular weight is 159 g/mol. The highest BCUT2D eigenvalue weighted by atomic mass is 15.0. The molecule has 1 atom stereocenters. The van der Waals surface area contributed by atoms with Gasteiger partial charge in [-0.2, -0.15) is 0 Å². The Morgan fingerprint density at radius 2 is 2.42 bits per heavy atom. The van der Waals surface area contributed by atoms with Crippen LogP contribution in [0.5, 0.6) is 0 Å². The zero-order valence-corrected chi connectivity index (χ0v) is 7.16. The maximum absolute atomic E-state index is 2.44. The molecule has 3 rings (SSSR count). The number of rotatable bonds is 0. The summed E-state index contributed by atoms with van der Waals surface area (Å²) in [7, 11) is 0. The van der Waals surface area contributed by atoms with Crippen molar-refractivity contribution < 1.29 is 0 Å². The van der Waals surface area contributed by atoms with E-state index in [-0.39, 0.29) is 0 Å². The molecule has 0 N–H and O–H groups in total. The number of aromatic nitrogens is 1. The Morgan fingerprint density at radius 3 is 3.42 bits per heavy atom. The van der Waals surface area contributed by atoms with E-state index in [0.29, 0.717) is 0 Å². The number of nitrogens with zero attached hydrogens (tertiary/aromatic N) is 1. The maximum atomic E-state index is 2.44. The molecule has 0 fully saturated rings. The zero-order chi connectivity index (χ0) is 7.97. The molecule has 1 aliphatic heterocycles. The molecule has 0 aromatic carbocycles. The van der Waals surface area contributed by atoms with Crippen molar-refractivity contribution in [1.82, 2.24) is 4.57 Å². The van der Waals surface area contributed by atoms with Crippen molar-refractivity contribution in [3.63, 3.8) is 0 Å². The van der Waals surface area contributed by atoms with Crippen LogP contribution in [0.15, 0.2) is 24.4 Å². The van der Waals surface area contributed by atoms with Gasteiger partial charge in [-0.05, 0) is 37.0 Å². The van der Waals surface area contributed by atoms with Crippen LogP contribution in [-0.4, -0.2) is 4.57 Å². The molecule has 0 spiro atoms. The van der Waals surface area contributed by atoms with Gasteiger partial charge >= 0.3 is 0 Å². The molecule has 0 saturated carbocycles. The van der Waals surface area contributed by atoms with Crippen molar-refractivity contribution >= 4 is 5.57 Å². The van der Waals surface area contributed by atoms with Gasteiger partial charge in [-0.15, -0.1) is 0 Å². The van der Waals surface area contributed by atoms with Crippen LogP contribution in [0.25, 0.3) is 5.57 Å². The summed E-state index contributed by atoms with van der Waals surface area (Å²) in [4.78, 5) is 0. The monoisotopic (exact) mass is 159 g/mol. The van der Waals surface area contributed by atoms with E-state index >= 15 is 0 Å². The van der Waals surface area contributed by atoms with Crippen LogP contribution in [0.4, 0.5) is 0 Å². The number of fused-ring (bicyclic) bond motifs is 3. The standard InChI is InChI=1S/C11H13N/c1-2-5-10-9(4-1)8-12-7-3-6-11(10)12/h3,5-7,9H,1-2,4,8H2. The smallest absolute Gasteiger partial charge is 0.0439 e. The number of hydrogen-bond donors (Lipinski definition) is 0. The fourth-order valence-electron chi connectivity index (χ4n) is 2.52. The van der Waals surface area contributed by atoms with Crippen LogP contribution in [0.2, 0.25) is 0 Å². The molecule has 0 amide bonds. The Morgan fingerprint density at radius 1 is 1.42 bits per heavy atom. The molecule has 1 aromatic rings. The largest absolute Gasteiger partial charge is 0.347 e. The molecule has 2 heterocycles. The van der Waals surface area contributed by atoms with E-state index in [1.54, 1.807) is 5.57 Å². The third kappa shape index (κ3) is 0.739. The summed E-state index contributed by atoms with van der Waals surface area (Å²) in [5.41, 5.74) is 3.09. The molecule has 1 unspecified atom stereocenters. The molecule has 1 heteroatoms. The van der Waals surface area contributed by atoms with Gasteiger partial charge in [-0.25, -0.2) is 0 Å². The predicted molar refractivity (Wildman–Crippen MR) is 49.8 cm³/mol. The Hall–Kier alpha value is -0.980. The molecular weight excluding hydrogens is 146 g/mol. The summed E-state index contributed by atoms with van der Waals surface area (Å²) < 4.78 is 2.39. The second kappa shape index (κ2) is 2.25. The molecule has 0 saturated heterocycles. The molecule has 2 aliphatic rings. The van der Waals surface area contributed by atoms with Crippen molar-refractivity contribution in [3.8, 4) is 0 Å². The summed E-state index contributed by atoms with van der Waals surface area (Å²) in [6.45, 7) is 1.23. The minimum Gasteiger partial charge on any atom is -0.347 e. The lowest BCUT2D eigenvalue weighted by atomic mass is 9.88. The van der Waals surface area contributed by atoms with Gasteiger partial charge in [0.25, 0.3) is 0 Å². The molecule has 62 valence electrons. The SMILES string of the molecule is C1=C2c3cccn3CC2CCC1. The van der Waals surface area contributed by atoms with E-state index in [4.69, 9.17) is 0 Å². The van der Waals surface area contributed by atoms with Crippen LogP contribution in [-0.2, 0) is 6.54 Å². The summed E-state index contributed by atoms with van der Waals surface area (Å²) >= 11 is 0. The fourth-order valence-corrected chi connectivity index (χ4v) is 2.52. The topological polar surface area (TPSA) is 4.93 Å². The van der Waals surface area contributed by atoms with Gasteiger partial charge in [-0.3, -0.25) is 0 Å². The normalized spacial score (nSPS) is 26.3. The molecule has 1 aromatic heterocycles. The number of allylic oxidation sites excluding steroid dienone is 2. The highest BCUT2D eigenvalue weighted by molar-refractivity contribution is 5.68. The molecule has 0 radical (unpaired) electrons. The Bertz CT molecular complexity index is 333. The van der Waals surface area contributed by atoms with E-state index < -0.39 is 0 Å². The average Bonchev–Trinajstić information content (AvgIpc) is 2.62. The predicted octanol–water partition coefficient (Wildman–Crippen LogP) is 2.69. The maximum Gasteiger partial charge on any atom is 0.0439 e. The lowest BCUT2D eigenvalue weighted by molar-refractivity contribution is 0.517. The Labute approximate surface area is 72.7 Å². The third-order valence-corrected chi connectivity index (χ3v) is 3.10. The van der Waals surface area contributed by atoms with Crippen LogP contribution in [0.1, 0.15) is 25.0 Å². The van der Waals surface area contributed by atoms with Crippen molar-refractivity contribution in [2.75, 3.05) is 0 Å². The summed E-state index contributed by atoms with van der Waals surface area (Å²) in [5, 5.41) is 0. The first-order valence-electron chi connectivity index (χ1n) is 4.81. The minimum atomic E-state index is 0.843. The highest BCUT2D eigenvalue weighted by Gasteiger charge is 2.27. The van der Waals surface area contributed by atoms with Crippen molar-refractivity contribution in [2.45, 2.75) is 25.8 Å². The van der Waals surface area contributed by atoms with E-state index in [0.717, 1.165) is 5.92 Å². The summed E-state index contributed by atoms with van der Waals surface area (Å²) in [5.74, 6) is 0.843. The first-order valence-corrected chi connectivity index (χ1v) is 4.81. The Balaban J connectivity index is 2.12. The van der Waals surface area contributed by atoms with Crippen LogP contribution in [0.3, 0.4) is 0 Å². The summed E-state index contributed by atoms with van der Waals surface area (Å²) in [6, 6.07) is 4.40. The first kappa shape index (κ1) is 6.53. The fraction of sp³-hybridized carbons (Fsp3) is 0.455. The van der Waals surface area contributed by atoms with Crippen molar-refractivity contribution in [3.05, 3.63) is 30.1 Å². The van der Waals surface area contributed by atoms with Crippen LogP contribution in [0, 0.1) is 5.92 Å². The first-order chi connectivity index (χ1) is 5.95. The van der Waals surface area contributed by atoms with E-state index in [9.17, 15) is 0 Å². The van der Waals surface area contributed by atoms with E-state index in [2.05, 4.69) is 29.0 Å². The molecule has 1 aliphatic carbocycles. The quantitative estimate of drug-likeness (QED) is 0.548. The lowest BCUT2D eigenvalue weighted by Gasteiger charge is -2.15. The zero-order valence-electron chi connectivity index (χ0n) is 7.16. The minimum absolute atomic E-state index is 0.843. The third-order valence-electron chi connectivity index (χ3n) is 3.10. The van der Waals surface area contributed by atoms with Gasteiger partial charge in [-0.1, -0.05) is 6.08 Å². The number of hydrogen-bond acceptors (Lipinski definition) is 0. The van der Waals surface area contributed by atoms with Crippen LogP contribution < -0.4 is 0 Å². The van der Waals surface area contributed by atoms with E-state index in [1.807, 2.05) is 0 Å². The van der Waals surface area contributed by atoms with Crippen LogP contribution >= 0.6 is 0 Å². The second-order valence-corrected chi connectivity index (χ2v) is 3.83. The van der Waals surface area contributed by atoms with Crippen molar-refractivity contribution in [2.24, 2.45) is 5.92 Å². The van der Waals surface area contributed by atoms with Gasteiger partial charge in [0, 0.05) is 24.4 Å². The Kier molecular flexibility index (Phi) is 1.23. The van der Waals surface area contributed by atoms with Crippen molar-refractivity contribution in [1.29, 1.82) is 0 Å². The molecule has 12 heavy (non-hydrogen) atoms.